The number of nitrogens with one attached hydrogen (secondary N) is 1. The molecule has 1 rings (SSSR count). The summed E-state index contributed by atoms with van der Waals surface area (Å²) in [5.74, 6) is -0.653. The van der Waals surface area contributed by atoms with Gasteiger partial charge < -0.3 is 14.6 Å². The minimum atomic E-state index is -0.430. The molecule has 0 atom stereocenters. The fourth-order valence-electron chi connectivity index (χ4n) is 1.21. The second-order valence-electron chi connectivity index (χ2n) is 3.13. The van der Waals surface area contributed by atoms with Crippen LogP contribution in [0.5, 0.6) is 0 Å². The molecule has 0 bridgehead atoms. The van der Waals surface area contributed by atoms with Crippen LogP contribution < -0.4 is 0 Å². The second-order valence-corrected chi connectivity index (χ2v) is 4.04. The van der Waals surface area contributed by atoms with Gasteiger partial charge in [0.1, 0.15) is 12.2 Å². The van der Waals surface area contributed by atoms with E-state index < -0.39 is 5.97 Å². The van der Waals surface area contributed by atoms with E-state index in [1.165, 1.54) is 12.0 Å². The molecule has 88 valence electrons. The van der Waals surface area contributed by atoms with Crippen LogP contribution >= 0.6 is 15.9 Å². The van der Waals surface area contributed by atoms with Gasteiger partial charge in [-0.25, -0.2) is 0 Å². The highest BCUT2D eigenvalue weighted by Crippen LogP contribution is 2.12. The third-order valence-corrected chi connectivity index (χ3v) is 2.55. The first-order valence-corrected chi connectivity index (χ1v) is 5.57. The summed E-state index contributed by atoms with van der Waals surface area (Å²) in [6.45, 7) is 2.21. The first-order valence-electron chi connectivity index (χ1n) is 4.78. The number of carbonyl (C=O) groups is 2. The third kappa shape index (κ3) is 3.10. The standard InChI is InChI=1S/C10H13BrN2O3/c1-3-13(6-9(14)16-2)10(15)8-4-7(11)5-12-8/h4-5,12H,3,6H2,1-2H3. The lowest BCUT2D eigenvalue weighted by molar-refractivity contribution is -0.141. The van der Waals surface area contributed by atoms with Gasteiger partial charge in [0.05, 0.1) is 7.11 Å². The van der Waals surface area contributed by atoms with Crippen molar-refractivity contribution in [2.45, 2.75) is 6.92 Å². The molecule has 1 heterocycles. The van der Waals surface area contributed by atoms with Gasteiger partial charge in [0.2, 0.25) is 0 Å². The Morgan fingerprint density at radius 3 is 2.69 bits per heavy atom. The van der Waals surface area contributed by atoms with Crippen LogP contribution in [0.25, 0.3) is 0 Å². The molecule has 1 aromatic rings. The van der Waals surface area contributed by atoms with Gasteiger partial charge in [-0.05, 0) is 28.9 Å². The van der Waals surface area contributed by atoms with Crippen molar-refractivity contribution in [1.82, 2.24) is 9.88 Å². The van der Waals surface area contributed by atoms with Crippen LogP contribution in [0.1, 0.15) is 17.4 Å². The Labute approximate surface area is 102 Å². The van der Waals surface area contributed by atoms with E-state index in [2.05, 4.69) is 25.7 Å². The Bertz CT molecular complexity index is 389. The minimum absolute atomic E-state index is 0.0392. The zero-order valence-corrected chi connectivity index (χ0v) is 10.7. The highest BCUT2D eigenvalue weighted by Gasteiger charge is 2.18. The van der Waals surface area contributed by atoms with Crippen LogP contribution in [0, 0.1) is 0 Å². The third-order valence-electron chi connectivity index (χ3n) is 2.09. The molecule has 0 aliphatic rings. The van der Waals surface area contributed by atoms with Crippen molar-refractivity contribution in [3.05, 3.63) is 22.4 Å². The summed E-state index contributed by atoms with van der Waals surface area (Å²) in [5.41, 5.74) is 0.442. The van der Waals surface area contributed by atoms with E-state index in [-0.39, 0.29) is 12.5 Å². The van der Waals surface area contributed by atoms with E-state index in [9.17, 15) is 9.59 Å². The maximum Gasteiger partial charge on any atom is 0.325 e. The molecular weight excluding hydrogens is 276 g/mol. The largest absolute Gasteiger partial charge is 0.468 e. The van der Waals surface area contributed by atoms with Crippen molar-refractivity contribution in [1.29, 1.82) is 0 Å². The number of esters is 1. The van der Waals surface area contributed by atoms with Crippen LogP contribution in [-0.4, -0.2) is 42.0 Å². The molecule has 16 heavy (non-hydrogen) atoms. The number of aromatic amines is 1. The molecule has 1 amide bonds. The van der Waals surface area contributed by atoms with Gasteiger partial charge in [-0.1, -0.05) is 0 Å². The van der Waals surface area contributed by atoms with Gasteiger partial charge in [-0.2, -0.15) is 0 Å². The van der Waals surface area contributed by atoms with E-state index in [4.69, 9.17) is 0 Å². The Balaban J connectivity index is 2.73. The number of hydrogen-bond donors (Lipinski definition) is 1. The van der Waals surface area contributed by atoms with Crippen LogP contribution in [0.15, 0.2) is 16.7 Å². The van der Waals surface area contributed by atoms with E-state index >= 15 is 0 Å². The zero-order valence-electron chi connectivity index (χ0n) is 9.12. The summed E-state index contributed by atoms with van der Waals surface area (Å²) in [6.07, 6.45) is 1.67. The van der Waals surface area contributed by atoms with Gasteiger partial charge in [0, 0.05) is 17.2 Å². The molecule has 6 heteroatoms. The monoisotopic (exact) mass is 288 g/mol. The number of amides is 1. The summed E-state index contributed by atoms with van der Waals surface area (Å²) in [6, 6.07) is 1.67. The van der Waals surface area contributed by atoms with Crippen molar-refractivity contribution < 1.29 is 14.3 Å². The predicted molar refractivity (Wildman–Crippen MR) is 62.1 cm³/mol. The number of H-pyrrole nitrogens is 1. The SMILES string of the molecule is CCN(CC(=O)OC)C(=O)c1cc(Br)c[nH]1. The van der Waals surface area contributed by atoms with E-state index in [0.717, 1.165) is 4.47 Å². The zero-order chi connectivity index (χ0) is 12.1. The molecule has 0 spiro atoms. The smallest absolute Gasteiger partial charge is 0.325 e. The molecule has 1 aromatic heterocycles. The molecule has 0 unspecified atom stereocenters. The summed E-state index contributed by atoms with van der Waals surface area (Å²) < 4.78 is 5.32. The molecule has 5 nitrogen and oxygen atoms in total. The van der Waals surface area contributed by atoms with Crippen LogP contribution in [0.2, 0.25) is 0 Å². The lowest BCUT2D eigenvalue weighted by Gasteiger charge is -2.18. The maximum absolute atomic E-state index is 11.9. The molecule has 0 aliphatic carbocycles. The van der Waals surface area contributed by atoms with Crippen molar-refractivity contribution in [3.8, 4) is 0 Å². The molecule has 0 saturated heterocycles. The van der Waals surface area contributed by atoms with Gasteiger partial charge >= 0.3 is 5.97 Å². The number of hydrogen-bond acceptors (Lipinski definition) is 3. The van der Waals surface area contributed by atoms with E-state index in [0.29, 0.717) is 12.2 Å². The minimum Gasteiger partial charge on any atom is -0.468 e. The number of rotatable bonds is 4. The van der Waals surface area contributed by atoms with Gasteiger partial charge in [0.15, 0.2) is 0 Å². The molecule has 0 aromatic carbocycles. The summed E-state index contributed by atoms with van der Waals surface area (Å²) in [5, 5.41) is 0. The summed E-state index contributed by atoms with van der Waals surface area (Å²) in [4.78, 5) is 27.2. The topological polar surface area (TPSA) is 62.4 Å². The number of carbonyl (C=O) groups excluding carboxylic acids is 2. The highest BCUT2D eigenvalue weighted by atomic mass is 79.9. The molecule has 0 fully saturated rings. The average Bonchev–Trinajstić information content (AvgIpc) is 2.71. The first kappa shape index (κ1) is 12.8. The number of nitrogens with zero attached hydrogens (tertiary/aromatic N) is 1. The van der Waals surface area contributed by atoms with Crippen molar-refractivity contribution in [2.24, 2.45) is 0 Å². The molecule has 1 N–H and O–H groups in total. The number of methoxy groups -OCH3 is 1. The second kappa shape index (κ2) is 5.69. The van der Waals surface area contributed by atoms with Gasteiger partial charge in [-0.3, -0.25) is 9.59 Å². The van der Waals surface area contributed by atoms with Crippen LogP contribution in [-0.2, 0) is 9.53 Å². The Hall–Kier alpha value is -1.30. The first-order chi connectivity index (χ1) is 7.58. The number of aromatic nitrogens is 1. The number of likely N-dealkylation sites (N-methyl/N-ethyl adjacent to an activating group) is 1. The van der Waals surface area contributed by atoms with Crippen molar-refractivity contribution in [3.63, 3.8) is 0 Å². The van der Waals surface area contributed by atoms with Gasteiger partial charge in [-0.15, -0.1) is 0 Å². The van der Waals surface area contributed by atoms with E-state index in [1.54, 1.807) is 19.2 Å². The molecule has 0 saturated carbocycles. The van der Waals surface area contributed by atoms with Crippen molar-refractivity contribution >= 4 is 27.8 Å². The number of ether oxygens (including phenoxy) is 1. The van der Waals surface area contributed by atoms with Crippen LogP contribution in [0.3, 0.4) is 0 Å². The highest BCUT2D eigenvalue weighted by molar-refractivity contribution is 9.10. The van der Waals surface area contributed by atoms with Gasteiger partial charge in [0.25, 0.3) is 5.91 Å². The maximum atomic E-state index is 11.9. The fraction of sp³-hybridized carbons (Fsp3) is 0.400. The summed E-state index contributed by atoms with van der Waals surface area (Å²) in [7, 11) is 1.30. The molecule has 0 radical (unpaired) electrons. The quantitative estimate of drug-likeness (QED) is 0.852. The Morgan fingerprint density at radius 2 is 2.25 bits per heavy atom. The van der Waals surface area contributed by atoms with Crippen LogP contribution in [0.4, 0.5) is 0 Å². The van der Waals surface area contributed by atoms with Crippen molar-refractivity contribution in [2.75, 3.05) is 20.2 Å². The summed E-state index contributed by atoms with van der Waals surface area (Å²) >= 11 is 3.24. The fourth-order valence-corrected chi connectivity index (χ4v) is 1.55. The van der Waals surface area contributed by atoms with E-state index in [1.807, 2.05) is 0 Å². The average molecular weight is 289 g/mol. The molecule has 0 aliphatic heterocycles. The predicted octanol–water partition coefficient (Wildman–Crippen LogP) is 1.41. The Morgan fingerprint density at radius 1 is 1.56 bits per heavy atom. The Kier molecular flexibility index (Phi) is 4.54. The lowest BCUT2D eigenvalue weighted by atomic mass is 10.3. The lowest BCUT2D eigenvalue weighted by Crippen LogP contribution is -2.36. The normalized spacial score (nSPS) is 9.94. The molecular formula is C10H13BrN2O3. The number of halogens is 1.